The second-order valence-electron chi connectivity index (χ2n) is 3.02. The Morgan fingerprint density at radius 1 is 1.45 bits per heavy atom. The van der Waals surface area contributed by atoms with Crippen LogP contribution in [0.4, 0.5) is 13.2 Å². The van der Waals surface area contributed by atoms with Gasteiger partial charge in [-0.2, -0.15) is 13.2 Å². The van der Waals surface area contributed by atoms with Gasteiger partial charge in [0.2, 0.25) is 0 Å². The molecule has 0 spiro atoms. The van der Waals surface area contributed by atoms with E-state index in [0.717, 1.165) is 0 Å². The third-order valence-electron chi connectivity index (χ3n) is 1.56. The van der Waals surface area contributed by atoms with E-state index in [1.165, 1.54) is 0 Å². The first-order chi connectivity index (χ1) is 4.91. The van der Waals surface area contributed by atoms with Crippen LogP contribution < -0.4 is 5.32 Å². The minimum Gasteiger partial charge on any atom is -0.377 e. The molecule has 1 N–H and O–H groups in total. The minimum atomic E-state index is -4.13. The molecule has 0 aliphatic carbocycles. The number of hydrogen-bond donors (Lipinski definition) is 1. The fourth-order valence-corrected chi connectivity index (χ4v) is 0.824. The molecule has 1 aliphatic rings. The van der Waals surface area contributed by atoms with Crippen molar-refractivity contribution >= 4 is 0 Å². The molecule has 0 bridgehead atoms. The van der Waals surface area contributed by atoms with Gasteiger partial charge in [-0.3, -0.25) is 5.32 Å². The van der Waals surface area contributed by atoms with Crippen molar-refractivity contribution in [3.05, 3.63) is 0 Å². The van der Waals surface area contributed by atoms with Crippen molar-refractivity contribution in [2.45, 2.75) is 18.6 Å². The number of hydrogen-bond acceptors (Lipinski definition) is 2. The predicted molar refractivity (Wildman–Crippen MR) is 33.3 cm³/mol. The molecule has 1 heterocycles. The Balaban J connectivity index is 2.21. The summed E-state index contributed by atoms with van der Waals surface area (Å²) in [5.41, 5.74) is -0.463. The van der Waals surface area contributed by atoms with Gasteiger partial charge < -0.3 is 4.74 Å². The van der Waals surface area contributed by atoms with Crippen LogP contribution in [0.5, 0.6) is 0 Å². The van der Waals surface area contributed by atoms with Crippen LogP contribution in [-0.2, 0) is 4.74 Å². The lowest BCUT2D eigenvalue weighted by molar-refractivity contribution is -0.143. The Kier molecular flexibility index (Phi) is 2.11. The van der Waals surface area contributed by atoms with Gasteiger partial charge in [-0.05, 0) is 6.92 Å². The molecule has 0 saturated carbocycles. The van der Waals surface area contributed by atoms with Gasteiger partial charge in [0.1, 0.15) is 0 Å². The molecule has 0 unspecified atom stereocenters. The second kappa shape index (κ2) is 2.64. The highest BCUT2D eigenvalue weighted by molar-refractivity contribution is 4.89. The number of rotatable bonds is 2. The Morgan fingerprint density at radius 3 is 2.27 bits per heavy atom. The van der Waals surface area contributed by atoms with Crippen LogP contribution in [0.2, 0.25) is 0 Å². The fraction of sp³-hybridized carbons (Fsp3) is 1.00. The summed E-state index contributed by atoms with van der Waals surface area (Å²) in [5, 5.41) is 2.39. The topological polar surface area (TPSA) is 21.3 Å². The first kappa shape index (κ1) is 8.80. The van der Waals surface area contributed by atoms with Crippen molar-refractivity contribution in [1.82, 2.24) is 5.32 Å². The van der Waals surface area contributed by atoms with Gasteiger partial charge in [0.25, 0.3) is 0 Å². The van der Waals surface area contributed by atoms with Gasteiger partial charge in [0.05, 0.1) is 25.3 Å². The zero-order valence-corrected chi connectivity index (χ0v) is 6.16. The van der Waals surface area contributed by atoms with Crippen LogP contribution in [0.1, 0.15) is 6.92 Å². The first-order valence-corrected chi connectivity index (χ1v) is 3.31. The largest absolute Gasteiger partial charge is 0.401 e. The molecule has 11 heavy (non-hydrogen) atoms. The maximum absolute atomic E-state index is 11.6. The lowest BCUT2D eigenvalue weighted by atomic mass is 10.0. The van der Waals surface area contributed by atoms with E-state index in [1.807, 2.05) is 0 Å². The summed E-state index contributed by atoms with van der Waals surface area (Å²) in [6.07, 6.45) is -4.13. The molecular formula is C6H10F3NO. The first-order valence-electron chi connectivity index (χ1n) is 3.31. The number of ether oxygens (including phenoxy) is 1. The van der Waals surface area contributed by atoms with Gasteiger partial charge in [-0.25, -0.2) is 0 Å². The van der Waals surface area contributed by atoms with E-state index in [-0.39, 0.29) is 0 Å². The standard InChI is InChI=1S/C6H10F3NO/c1-5(3-11-4-5)10-2-6(7,8)9/h10H,2-4H2,1H3. The number of halogens is 3. The summed E-state index contributed by atoms with van der Waals surface area (Å²) in [6.45, 7) is 1.50. The van der Waals surface area contributed by atoms with E-state index in [0.29, 0.717) is 13.2 Å². The van der Waals surface area contributed by atoms with E-state index in [9.17, 15) is 13.2 Å². The molecule has 1 saturated heterocycles. The molecule has 0 aromatic heterocycles. The van der Waals surface area contributed by atoms with Crippen molar-refractivity contribution in [2.75, 3.05) is 19.8 Å². The van der Waals surface area contributed by atoms with E-state index in [2.05, 4.69) is 5.32 Å². The van der Waals surface area contributed by atoms with E-state index in [4.69, 9.17) is 4.74 Å². The predicted octanol–water partition coefficient (Wildman–Crippen LogP) is 0.927. The van der Waals surface area contributed by atoms with Crippen LogP contribution in [-0.4, -0.2) is 31.5 Å². The molecule has 0 amide bonds. The van der Waals surface area contributed by atoms with Crippen molar-refractivity contribution < 1.29 is 17.9 Å². The van der Waals surface area contributed by atoms with Gasteiger partial charge in [0.15, 0.2) is 0 Å². The van der Waals surface area contributed by atoms with Crippen molar-refractivity contribution in [1.29, 1.82) is 0 Å². The van der Waals surface area contributed by atoms with Gasteiger partial charge in [-0.1, -0.05) is 0 Å². The maximum atomic E-state index is 11.6. The molecule has 0 aromatic carbocycles. The van der Waals surface area contributed by atoms with Crippen molar-refractivity contribution in [3.8, 4) is 0 Å². The van der Waals surface area contributed by atoms with Gasteiger partial charge >= 0.3 is 6.18 Å². The lowest BCUT2D eigenvalue weighted by Crippen LogP contribution is -2.59. The highest BCUT2D eigenvalue weighted by Gasteiger charge is 2.37. The monoisotopic (exact) mass is 169 g/mol. The lowest BCUT2D eigenvalue weighted by Gasteiger charge is -2.39. The van der Waals surface area contributed by atoms with Crippen LogP contribution >= 0.6 is 0 Å². The van der Waals surface area contributed by atoms with Gasteiger partial charge in [-0.15, -0.1) is 0 Å². The smallest absolute Gasteiger partial charge is 0.377 e. The van der Waals surface area contributed by atoms with Crippen molar-refractivity contribution in [2.24, 2.45) is 0 Å². The van der Waals surface area contributed by atoms with Gasteiger partial charge in [0, 0.05) is 0 Å². The number of alkyl halides is 3. The molecule has 0 radical (unpaired) electrons. The summed E-state index contributed by atoms with van der Waals surface area (Å²) >= 11 is 0. The van der Waals surface area contributed by atoms with Crippen LogP contribution in [0.3, 0.4) is 0 Å². The van der Waals surface area contributed by atoms with Crippen LogP contribution in [0, 0.1) is 0 Å². The van der Waals surface area contributed by atoms with E-state index >= 15 is 0 Å². The second-order valence-corrected chi connectivity index (χ2v) is 3.02. The zero-order valence-electron chi connectivity index (χ0n) is 6.16. The third-order valence-corrected chi connectivity index (χ3v) is 1.56. The summed E-state index contributed by atoms with van der Waals surface area (Å²) in [7, 11) is 0. The molecule has 66 valence electrons. The third kappa shape index (κ3) is 2.67. The van der Waals surface area contributed by atoms with E-state index in [1.54, 1.807) is 6.92 Å². The SMILES string of the molecule is CC1(NCC(F)(F)F)COC1. The highest BCUT2D eigenvalue weighted by atomic mass is 19.4. The molecule has 1 aliphatic heterocycles. The Labute approximate surface area is 62.7 Å². The van der Waals surface area contributed by atoms with E-state index < -0.39 is 18.3 Å². The molecule has 5 heteroatoms. The summed E-state index contributed by atoms with van der Waals surface area (Å²) in [4.78, 5) is 0. The molecule has 1 rings (SSSR count). The molecule has 1 fully saturated rings. The Bertz CT molecular complexity index is 141. The fourth-order valence-electron chi connectivity index (χ4n) is 0.824. The van der Waals surface area contributed by atoms with Crippen molar-refractivity contribution in [3.63, 3.8) is 0 Å². The summed E-state index contributed by atoms with van der Waals surface area (Å²) in [5.74, 6) is 0. The van der Waals surface area contributed by atoms with Crippen LogP contribution in [0.25, 0.3) is 0 Å². The van der Waals surface area contributed by atoms with Crippen LogP contribution in [0.15, 0.2) is 0 Å². The average Bonchev–Trinajstić information content (AvgIpc) is 1.77. The average molecular weight is 169 g/mol. The quantitative estimate of drug-likeness (QED) is 0.663. The normalized spacial score (nSPS) is 22.9. The summed E-state index contributed by atoms with van der Waals surface area (Å²) in [6, 6.07) is 0. The molecule has 0 aromatic rings. The Morgan fingerprint density at radius 2 is 2.00 bits per heavy atom. The Hall–Kier alpha value is -0.290. The molecule has 2 nitrogen and oxygen atoms in total. The molecule has 0 atom stereocenters. The number of nitrogens with one attached hydrogen (secondary N) is 1. The molecular weight excluding hydrogens is 159 g/mol. The minimum absolute atomic E-state index is 0.364. The maximum Gasteiger partial charge on any atom is 0.401 e. The zero-order chi connectivity index (χ0) is 8.54. The summed E-state index contributed by atoms with van der Waals surface area (Å²) < 4.78 is 39.7. The highest BCUT2D eigenvalue weighted by Crippen LogP contribution is 2.19.